The van der Waals surface area contributed by atoms with Crippen molar-refractivity contribution >= 4 is 11.5 Å². The predicted molar refractivity (Wildman–Crippen MR) is 70.0 cm³/mol. The summed E-state index contributed by atoms with van der Waals surface area (Å²) < 4.78 is 1.84. The van der Waals surface area contributed by atoms with Gasteiger partial charge in [0.1, 0.15) is 11.5 Å². The molecule has 0 atom stereocenters. The van der Waals surface area contributed by atoms with E-state index in [9.17, 15) is 0 Å². The van der Waals surface area contributed by atoms with Crippen molar-refractivity contribution in [3.8, 4) is 11.3 Å². The molecule has 0 amide bonds. The fraction of sp³-hybridized carbons (Fsp3) is 0.308. The largest absolute Gasteiger partial charge is 0.383 e. The van der Waals surface area contributed by atoms with Crippen molar-refractivity contribution in [2.24, 2.45) is 7.05 Å². The minimum absolute atomic E-state index is 0.719. The van der Waals surface area contributed by atoms with E-state index in [1.165, 1.54) is 11.3 Å². The molecule has 0 radical (unpaired) electrons. The van der Waals surface area contributed by atoms with Crippen molar-refractivity contribution < 1.29 is 0 Å². The monoisotopic (exact) mass is 228 g/mol. The molecule has 2 N–H and O–H groups in total. The number of nitrogens with zero attached hydrogens (tertiary/aromatic N) is 3. The molecule has 0 aliphatic carbocycles. The lowest BCUT2D eigenvalue weighted by atomic mass is 10.1. The minimum Gasteiger partial charge on any atom is -0.383 e. The van der Waals surface area contributed by atoms with Crippen molar-refractivity contribution in [2.75, 3.05) is 24.2 Å². The summed E-state index contributed by atoms with van der Waals surface area (Å²) in [4.78, 5) is 6.63. The summed E-state index contributed by atoms with van der Waals surface area (Å²) >= 11 is 0. The van der Waals surface area contributed by atoms with Gasteiger partial charge in [0.05, 0.1) is 6.33 Å². The molecular formula is C13H16N4. The zero-order chi connectivity index (χ0) is 12.0. The van der Waals surface area contributed by atoms with Gasteiger partial charge in [0.15, 0.2) is 0 Å². The minimum atomic E-state index is 0.719. The number of nitrogens with two attached hydrogens (primary N) is 1. The summed E-state index contributed by atoms with van der Waals surface area (Å²) in [7, 11) is 4.04. The molecule has 0 saturated heterocycles. The summed E-state index contributed by atoms with van der Waals surface area (Å²) in [6.45, 7) is 1.09. The molecule has 3 rings (SSSR count). The molecule has 1 aliphatic heterocycles. The van der Waals surface area contributed by atoms with Crippen molar-refractivity contribution in [1.29, 1.82) is 0 Å². The molecule has 0 saturated carbocycles. The Kier molecular flexibility index (Phi) is 2.11. The maximum atomic E-state index is 6.00. The van der Waals surface area contributed by atoms with Crippen LogP contribution in [-0.2, 0) is 13.5 Å². The normalized spacial score (nSPS) is 14.1. The van der Waals surface area contributed by atoms with Crippen molar-refractivity contribution in [3.63, 3.8) is 0 Å². The van der Waals surface area contributed by atoms with Crippen molar-refractivity contribution in [2.45, 2.75) is 6.42 Å². The summed E-state index contributed by atoms with van der Waals surface area (Å²) in [5, 5.41) is 0. The molecule has 4 heteroatoms. The maximum Gasteiger partial charge on any atom is 0.131 e. The van der Waals surface area contributed by atoms with Crippen molar-refractivity contribution in [1.82, 2.24) is 9.55 Å². The number of imidazole rings is 1. The Morgan fingerprint density at radius 2 is 2.12 bits per heavy atom. The van der Waals surface area contributed by atoms with Gasteiger partial charge in [-0.15, -0.1) is 0 Å². The molecule has 0 bridgehead atoms. The van der Waals surface area contributed by atoms with Crippen LogP contribution in [0.3, 0.4) is 0 Å². The lowest BCUT2D eigenvalue weighted by molar-refractivity contribution is 0.925. The second-order valence-electron chi connectivity index (χ2n) is 4.60. The molecule has 1 aromatic carbocycles. The third-order valence-electron chi connectivity index (χ3n) is 3.46. The van der Waals surface area contributed by atoms with E-state index in [0.717, 1.165) is 30.0 Å². The van der Waals surface area contributed by atoms with Gasteiger partial charge in [0, 0.05) is 31.9 Å². The van der Waals surface area contributed by atoms with Crippen LogP contribution in [-0.4, -0.2) is 23.1 Å². The fourth-order valence-electron chi connectivity index (χ4n) is 2.38. The van der Waals surface area contributed by atoms with Crippen LogP contribution in [0.15, 0.2) is 24.5 Å². The Morgan fingerprint density at radius 1 is 1.29 bits per heavy atom. The highest BCUT2D eigenvalue weighted by Crippen LogP contribution is 2.32. The average molecular weight is 228 g/mol. The van der Waals surface area contributed by atoms with Gasteiger partial charge in [-0.3, -0.25) is 0 Å². The van der Waals surface area contributed by atoms with Crippen LogP contribution in [0, 0.1) is 0 Å². The first-order chi connectivity index (χ1) is 8.16. The van der Waals surface area contributed by atoms with Crippen LogP contribution in [0.1, 0.15) is 5.56 Å². The molecule has 17 heavy (non-hydrogen) atoms. The molecule has 1 aliphatic rings. The number of rotatable bonds is 1. The zero-order valence-corrected chi connectivity index (χ0v) is 10.1. The van der Waals surface area contributed by atoms with Crippen molar-refractivity contribution in [3.05, 3.63) is 30.1 Å². The van der Waals surface area contributed by atoms with E-state index in [-0.39, 0.29) is 0 Å². The van der Waals surface area contributed by atoms with Gasteiger partial charge in [0.2, 0.25) is 0 Å². The number of hydrogen-bond acceptors (Lipinski definition) is 3. The standard InChI is InChI=1S/C13H16N4/c1-16-6-5-9-7-10(3-4-11(9)16)12-13(14)17(2)8-15-12/h3-4,7-8H,5-6,14H2,1-2H3. The summed E-state index contributed by atoms with van der Waals surface area (Å²) in [6, 6.07) is 6.46. The average Bonchev–Trinajstić information content (AvgIpc) is 2.85. The number of anilines is 2. The first-order valence-corrected chi connectivity index (χ1v) is 5.78. The highest BCUT2D eigenvalue weighted by atomic mass is 15.1. The van der Waals surface area contributed by atoms with Crippen LogP contribution in [0.2, 0.25) is 0 Å². The topological polar surface area (TPSA) is 47.1 Å². The van der Waals surface area contributed by atoms with Gasteiger partial charge < -0.3 is 15.2 Å². The quantitative estimate of drug-likeness (QED) is 0.807. The molecule has 2 heterocycles. The SMILES string of the molecule is CN1CCc2cc(-c3ncn(C)c3N)ccc21. The highest BCUT2D eigenvalue weighted by Gasteiger charge is 2.17. The van der Waals surface area contributed by atoms with Crippen LogP contribution >= 0.6 is 0 Å². The number of hydrogen-bond donors (Lipinski definition) is 1. The number of aryl methyl sites for hydroxylation is 1. The third-order valence-corrected chi connectivity index (χ3v) is 3.46. The molecular weight excluding hydrogens is 212 g/mol. The van der Waals surface area contributed by atoms with E-state index in [2.05, 4.69) is 35.1 Å². The van der Waals surface area contributed by atoms with Gasteiger partial charge in [0.25, 0.3) is 0 Å². The lowest BCUT2D eigenvalue weighted by Crippen LogP contribution is -2.12. The summed E-state index contributed by atoms with van der Waals surface area (Å²) in [6.07, 6.45) is 2.86. The molecule has 1 aromatic heterocycles. The zero-order valence-electron chi connectivity index (χ0n) is 10.1. The second kappa shape index (κ2) is 3.52. The first-order valence-electron chi connectivity index (χ1n) is 5.78. The Labute approximate surface area is 101 Å². The van der Waals surface area contributed by atoms with E-state index >= 15 is 0 Å². The van der Waals surface area contributed by atoms with Gasteiger partial charge >= 0.3 is 0 Å². The van der Waals surface area contributed by atoms with E-state index < -0.39 is 0 Å². The van der Waals surface area contributed by atoms with Gasteiger partial charge in [-0.25, -0.2) is 4.98 Å². The summed E-state index contributed by atoms with van der Waals surface area (Å²) in [5.74, 6) is 0.719. The first kappa shape index (κ1) is 10.2. The maximum absolute atomic E-state index is 6.00. The predicted octanol–water partition coefficient (Wildman–Crippen LogP) is 1.66. The molecule has 2 aromatic rings. The van der Waals surface area contributed by atoms with Crippen LogP contribution in [0.5, 0.6) is 0 Å². The van der Waals surface area contributed by atoms with E-state index in [1.54, 1.807) is 6.33 Å². The van der Waals surface area contributed by atoms with E-state index in [1.807, 2.05) is 11.6 Å². The fourth-order valence-corrected chi connectivity index (χ4v) is 2.38. The molecule has 0 fully saturated rings. The number of fused-ring (bicyclic) bond motifs is 1. The highest BCUT2D eigenvalue weighted by molar-refractivity contribution is 5.74. The molecule has 0 spiro atoms. The van der Waals surface area contributed by atoms with E-state index in [0.29, 0.717) is 0 Å². The number of nitrogen functional groups attached to an aromatic ring is 1. The van der Waals surface area contributed by atoms with Gasteiger partial charge in [-0.05, 0) is 24.1 Å². The van der Waals surface area contributed by atoms with E-state index in [4.69, 9.17) is 5.73 Å². The smallest absolute Gasteiger partial charge is 0.131 e. The van der Waals surface area contributed by atoms with Crippen LogP contribution < -0.4 is 10.6 Å². The number of benzene rings is 1. The second-order valence-corrected chi connectivity index (χ2v) is 4.60. The summed E-state index contributed by atoms with van der Waals surface area (Å²) in [5.41, 5.74) is 10.7. The molecule has 0 unspecified atom stereocenters. The van der Waals surface area contributed by atoms with Crippen LogP contribution in [0.25, 0.3) is 11.3 Å². The Balaban J connectivity index is 2.09. The molecule has 88 valence electrons. The lowest BCUT2D eigenvalue weighted by Gasteiger charge is -2.11. The van der Waals surface area contributed by atoms with Gasteiger partial charge in [-0.1, -0.05) is 6.07 Å². The Hall–Kier alpha value is -1.97. The Morgan fingerprint density at radius 3 is 2.82 bits per heavy atom. The van der Waals surface area contributed by atoms with Gasteiger partial charge in [-0.2, -0.15) is 0 Å². The third kappa shape index (κ3) is 1.48. The Bertz CT molecular complexity index is 571. The number of likely N-dealkylation sites (N-methyl/N-ethyl adjacent to an activating group) is 1. The van der Waals surface area contributed by atoms with Crippen LogP contribution in [0.4, 0.5) is 11.5 Å². The molecule has 4 nitrogen and oxygen atoms in total. The number of aromatic nitrogens is 2.